The Morgan fingerprint density at radius 3 is 2.68 bits per heavy atom. The highest BCUT2D eigenvalue weighted by Gasteiger charge is 2.36. The summed E-state index contributed by atoms with van der Waals surface area (Å²) in [5.74, 6) is 2.09. The summed E-state index contributed by atoms with van der Waals surface area (Å²) in [6.07, 6.45) is 2.25. The van der Waals surface area contributed by atoms with Crippen molar-refractivity contribution in [2.24, 2.45) is 14.1 Å². The van der Waals surface area contributed by atoms with Gasteiger partial charge < -0.3 is 5.32 Å². The summed E-state index contributed by atoms with van der Waals surface area (Å²) >= 11 is 0. The number of benzene rings is 1. The number of hydrogen-bond acceptors (Lipinski definition) is 3. The number of fused-ring (bicyclic) bond motifs is 1. The Balaban J connectivity index is 1.87. The maximum atomic E-state index is 4.74. The van der Waals surface area contributed by atoms with Crippen molar-refractivity contribution in [2.75, 3.05) is 10.2 Å². The molecule has 1 aliphatic heterocycles. The molecule has 3 heterocycles. The van der Waals surface area contributed by atoms with Crippen molar-refractivity contribution in [3.05, 3.63) is 60.4 Å². The summed E-state index contributed by atoms with van der Waals surface area (Å²) in [5.41, 5.74) is 4.46. The number of hydrogen-bond donors (Lipinski definition) is 1. The molecule has 0 aliphatic carbocycles. The van der Waals surface area contributed by atoms with Crippen molar-refractivity contribution in [2.45, 2.75) is 20.0 Å². The lowest BCUT2D eigenvalue weighted by molar-refractivity contribution is -0.686. The second-order valence-electron chi connectivity index (χ2n) is 6.54. The molecule has 4 rings (SSSR count). The minimum absolute atomic E-state index is 0.193. The van der Waals surface area contributed by atoms with Gasteiger partial charge in [0.05, 0.1) is 26.0 Å². The van der Waals surface area contributed by atoms with Crippen molar-refractivity contribution < 1.29 is 9.13 Å². The molecule has 5 heteroatoms. The van der Waals surface area contributed by atoms with Gasteiger partial charge in [-0.25, -0.2) is 14.0 Å². The zero-order chi connectivity index (χ0) is 17.6. The highest BCUT2D eigenvalue weighted by atomic mass is 15.4. The molecule has 0 fully saturated rings. The molecule has 1 aromatic carbocycles. The van der Waals surface area contributed by atoms with Crippen LogP contribution in [0.25, 0.3) is 11.5 Å². The van der Waals surface area contributed by atoms with Gasteiger partial charge in [-0.05, 0) is 36.2 Å². The van der Waals surface area contributed by atoms with Crippen LogP contribution in [-0.4, -0.2) is 11.1 Å². The fourth-order valence-corrected chi connectivity index (χ4v) is 3.48. The quantitative estimate of drug-likeness (QED) is 0.733. The molecule has 25 heavy (non-hydrogen) atoms. The summed E-state index contributed by atoms with van der Waals surface area (Å²) in [5, 5.41) is 3.54. The van der Waals surface area contributed by atoms with Crippen LogP contribution in [0.3, 0.4) is 0 Å². The predicted octanol–water partition coefficient (Wildman–Crippen LogP) is 2.62. The molecule has 0 saturated heterocycles. The summed E-state index contributed by atoms with van der Waals surface area (Å²) in [6.45, 7) is 4.20. The van der Waals surface area contributed by atoms with Crippen molar-refractivity contribution in [1.29, 1.82) is 0 Å². The standard InChI is InChI=1S/C20H22N5/c1-14-12-13-23(3)20(21-14)18-10-7-11-19(24(18)4)25-15(2)22-16-8-5-6-9-17(16)25/h5-13,15H,1-4H3/q+1/p+1/t15-/m1/s1. The molecular weight excluding hydrogens is 310 g/mol. The van der Waals surface area contributed by atoms with Crippen LogP contribution in [0, 0.1) is 6.92 Å². The molecule has 0 amide bonds. The van der Waals surface area contributed by atoms with Gasteiger partial charge in [0.2, 0.25) is 5.69 Å². The largest absolute Gasteiger partial charge is 0.370 e. The molecule has 0 bridgehead atoms. The number of nitrogens with zero attached hydrogens (tertiary/aromatic N) is 4. The fraction of sp³-hybridized carbons (Fsp3) is 0.250. The van der Waals surface area contributed by atoms with Crippen molar-refractivity contribution in [3.63, 3.8) is 0 Å². The average Bonchev–Trinajstić information content (AvgIpc) is 2.93. The fourth-order valence-electron chi connectivity index (χ4n) is 3.48. The van der Waals surface area contributed by atoms with Crippen LogP contribution in [0.5, 0.6) is 0 Å². The molecule has 3 aromatic rings. The zero-order valence-corrected chi connectivity index (χ0v) is 15.1. The van der Waals surface area contributed by atoms with E-state index in [4.69, 9.17) is 4.98 Å². The van der Waals surface area contributed by atoms with Gasteiger partial charge in [0.25, 0.3) is 5.82 Å². The van der Waals surface area contributed by atoms with Gasteiger partial charge in [0.15, 0.2) is 17.5 Å². The lowest BCUT2D eigenvalue weighted by Gasteiger charge is -2.18. The predicted molar refractivity (Wildman–Crippen MR) is 98.4 cm³/mol. The minimum atomic E-state index is 0.193. The first-order valence-electron chi connectivity index (χ1n) is 8.54. The topological polar surface area (TPSA) is 35.9 Å². The first kappa shape index (κ1) is 15.6. The highest BCUT2D eigenvalue weighted by Crippen LogP contribution is 2.38. The van der Waals surface area contributed by atoms with Crippen molar-refractivity contribution >= 4 is 17.2 Å². The third kappa shape index (κ3) is 2.52. The molecule has 0 radical (unpaired) electrons. The monoisotopic (exact) mass is 333 g/mol. The lowest BCUT2D eigenvalue weighted by Crippen LogP contribution is -2.44. The third-order valence-electron chi connectivity index (χ3n) is 4.75. The van der Waals surface area contributed by atoms with E-state index >= 15 is 0 Å². The molecule has 1 atom stereocenters. The Bertz CT molecular complexity index is 951. The Kier molecular flexibility index (Phi) is 3.64. The number of pyridine rings is 1. The van der Waals surface area contributed by atoms with Gasteiger partial charge in [-0.2, -0.15) is 0 Å². The molecule has 0 unspecified atom stereocenters. The second-order valence-corrected chi connectivity index (χ2v) is 6.54. The van der Waals surface area contributed by atoms with Crippen molar-refractivity contribution in [1.82, 2.24) is 4.98 Å². The number of para-hydroxylation sites is 2. The third-order valence-corrected chi connectivity index (χ3v) is 4.75. The van der Waals surface area contributed by atoms with E-state index in [2.05, 4.69) is 82.0 Å². The van der Waals surface area contributed by atoms with E-state index in [0.717, 1.165) is 23.0 Å². The number of rotatable bonds is 2. The van der Waals surface area contributed by atoms with E-state index in [1.807, 2.05) is 20.0 Å². The normalized spacial score (nSPS) is 15.8. The van der Waals surface area contributed by atoms with Crippen LogP contribution >= 0.6 is 0 Å². The molecular formula is C20H23N5+2. The average molecular weight is 333 g/mol. The smallest absolute Gasteiger partial charge is 0.344 e. The van der Waals surface area contributed by atoms with Crippen LogP contribution in [0.15, 0.2) is 54.7 Å². The zero-order valence-electron chi connectivity index (χ0n) is 15.1. The van der Waals surface area contributed by atoms with E-state index in [9.17, 15) is 0 Å². The van der Waals surface area contributed by atoms with Crippen LogP contribution in [0.2, 0.25) is 0 Å². The summed E-state index contributed by atoms with van der Waals surface area (Å²) < 4.78 is 4.27. The van der Waals surface area contributed by atoms with Crippen LogP contribution < -0.4 is 19.4 Å². The van der Waals surface area contributed by atoms with Gasteiger partial charge in [0.1, 0.15) is 0 Å². The van der Waals surface area contributed by atoms with E-state index in [1.54, 1.807) is 0 Å². The molecule has 0 spiro atoms. The van der Waals surface area contributed by atoms with Crippen LogP contribution in [0.4, 0.5) is 17.2 Å². The molecule has 1 N–H and O–H groups in total. The van der Waals surface area contributed by atoms with E-state index in [1.165, 1.54) is 11.4 Å². The van der Waals surface area contributed by atoms with E-state index in [0.29, 0.717) is 0 Å². The van der Waals surface area contributed by atoms with E-state index in [-0.39, 0.29) is 6.17 Å². The summed E-state index contributed by atoms with van der Waals surface area (Å²) in [7, 11) is 4.13. The summed E-state index contributed by atoms with van der Waals surface area (Å²) in [6, 6.07) is 16.8. The maximum Gasteiger partial charge on any atom is 0.370 e. The minimum Gasteiger partial charge on any atom is -0.344 e. The molecule has 2 aromatic heterocycles. The number of anilines is 3. The van der Waals surface area contributed by atoms with Gasteiger partial charge in [-0.1, -0.05) is 12.1 Å². The molecule has 126 valence electrons. The Morgan fingerprint density at radius 1 is 1.04 bits per heavy atom. The molecule has 1 aliphatic rings. The second kappa shape index (κ2) is 5.84. The van der Waals surface area contributed by atoms with Gasteiger partial charge in [0, 0.05) is 19.1 Å². The SMILES string of the molecule is Cc1cc[n+](C)c(-c2cccc(N3c4ccccc4N[C@H]3C)[n+]2C)n1. The van der Waals surface area contributed by atoms with Crippen LogP contribution in [-0.2, 0) is 14.1 Å². The number of nitrogens with one attached hydrogen (secondary N) is 1. The van der Waals surface area contributed by atoms with Crippen molar-refractivity contribution in [3.8, 4) is 11.5 Å². The lowest BCUT2D eigenvalue weighted by atomic mass is 10.2. The Morgan fingerprint density at radius 2 is 1.84 bits per heavy atom. The highest BCUT2D eigenvalue weighted by molar-refractivity contribution is 5.80. The number of aryl methyl sites for hydroxylation is 2. The van der Waals surface area contributed by atoms with E-state index < -0.39 is 0 Å². The molecule has 0 saturated carbocycles. The van der Waals surface area contributed by atoms with Gasteiger partial charge in [-0.15, -0.1) is 0 Å². The first-order chi connectivity index (χ1) is 12.1. The Hall–Kier alpha value is -2.95. The molecule has 5 nitrogen and oxygen atoms in total. The Labute approximate surface area is 148 Å². The summed E-state index contributed by atoms with van der Waals surface area (Å²) in [4.78, 5) is 7.07. The first-order valence-corrected chi connectivity index (χ1v) is 8.54. The van der Waals surface area contributed by atoms with Gasteiger partial charge >= 0.3 is 5.82 Å². The van der Waals surface area contributed by atoms with Crippen LogP contribution in [0.1, 0.15) is 12.6 Å². The maximum absolute atomic E-state index is 4.74. The number of aromatic nitrogens is 3. The van der Waals surface area contributed by atoms with Gasteiger partial charge in [-0.3, -0.25) is 0 Å².